The molecule has 144 valence electrons. The van der Waals surface area contributed by atoms with E-state index in [9.17, 15) is 9.90 Å². The number of carbonyl (C=O) groups excluding carboxylic acids is 1. The third kappa shape index (κ3) is 4.82. The van der Waals surface area contributed by atoms with Gasteiger partial charge in [-0.25, -0.2) is 4.98 Å². The van der Waals surface area contributed by atoms with Crippen molar-refractivity contribution in [3.05, 3.63) is 11.8 Å². The van der Waals surface area contributed by atoms with Crippen molar-refractivity contribution in [2.24, 2.45) is 5.73 Å². The molecule has 0 bridgehead atoms. The second-order valence-electron chi connectivity index (χ2n) is 7.20. The monoisotopic (exact) mass is 363 g/mol. The van der Waals surface area contributed by atoms with Crippen LogP contribution in [0.25, 0.3) is 0 Å². The van der Waals surface area contributed by atoms with Crippen molar-refractivity contribution in [3.63, 3.8) is 0 Å². The van der Waals surface area contributed by atoms with Gasteiger partial charge in [-0.3, -0.25) is 4.79 Å². The average molecular weight is 363 g/mol. The minimum absolute atomic E-state index is 0.0903. The van der Waals surface area contributed by atoms with Crippen LogP contribution >= 0.6 is 0 Å². The highest BCUT2D eigenvalue weighted by molar-refractivity contribution is 5.97. The maximum absolute atomic E-state index is 11.7. The second kappa shape index (κ2) is 8.64. The van der Waals surface area contributed by atoms with E-state index < -0.39 is 5.91 Å². The lowest BCUT2D eigenvalue weighted by atomic mass is 9.93. The topological polar surface area (TPSA) is 122 Å². The Labute approximate surface area is 153 Å². The van der Waals surface area contributed by atoms with E-state index >= 15 is 0 Å². The summed E-state index contributed by atoms with van der Waals surface area (Å²) in [5.41, 5.74) is 5.73. The van der Waals surface area contributed by atoms with Gasteiger partial charge in [-0.15, -0.1) is 0 Å². The van der Waals surface area contributed by atoms with Gasteiger partial charge in [-0.2, -0.15) is 4.98 Å². The van der Waals surface area contributed by atoms with Gasteiger partial charge in [0.2, 0.25) is 5.95 Å². The molecule has 2 atom stereocenters. The minimum atomic E-state index is -0.560. The maximum Gasteiger partial charge on any atom is 0.254 e. The maximum atomic E-state index is 11.7. The molecule has 2 aliphatic rings. The van der Waals surface area contributed by atoms with Crippen molar-refractivity contribution < 1.29 is 14.6 Å². The lowest BCUT2D eigenvalue weighted by Crippen LogP contribution is -2.31. The first-order valence-electron chi connectivity index (χ1n) is 9.54. The van der Waals surface area contributed by atoms with E-state index in [1.807, 2.05) is 6.92 Å². The lowest BCUT2D eigenvalue weighted by molar-refractivity contribution is 0.0346. The Morgan fingerprint density at radius 3 is 2.58 bits per heavy atom. The zero-order valence-corrected chi connectivity index (χ0v) is 15.3. The fraction of sp³-hybridized carbons (Fsp3) is 0.722. The molecule has 5 N–H and O–H groups in total. The molecule has 1 amide bonds. The van der Waals surface area contributed by atoms with E-state index in [1.165, 1.54) is 6.20 Å². The van der Waals surface area contributed by atoms with Gasteiger partial charge >= 0.3 is 0 Å². The number of aliphatic hydroxyl groups excluding tert-OH is 1. The highest BCUT2D eigenvalue weighted by Gasteiger charge is 2.26. The molecule has 0 aliphatic heterocycles. The number of carbonyl (C=O) groups is 1. The third-order valence-electron chi connectivity index (χ3n) is 5.21. The molecule has 2 aliphatic carbocycles. The molecule has 8 nitrogen and oxygen atoms in total. The molecule has 1 aromatic heterocycles. The summed E-state index contributed by atoms with van der Waals surface area (Å²) in [5.74, 6) is 0.378. The van der Waals surface area contributed by atoms with Crippen LogP contribution in [0.2, 0.25) is 0 Å². The highest BCUT2D eigenvalue weighted by atomic mass is 16.5. The summed E-state index contributed by atoms with van der Waals surface area (Å²) in [6.07, 6.45) is 7.81. The van der Waals surface area contributed by atoms with Crippen molar-refractivity contribution in [1.82, 2.24) is 9.97 Å². The molecule has 0 aromatic carbocycles. The number of nitrogens with one attached hydrogen (secondary N) is 2. The molecule has 8 heteroatoms. The van der Waals surface area contributed by atoms with Gasteiger partial charge in [0.15, 0.2) is 0 Å². The Hall–Kier alpha value is -1.93. The first-order chi connectivity index (χ1) is 12.5. The van der Waals surface area contributed by atoms with Crippen molar-refractivity contribution >= 4 is 17.7 Å². The average Bonchev–Trinajstić information content (AvgIpc) is 3.02. The largest absolute Gasteiger partial charge is 0.393 e. The van der Waals surface area contributed by atoms with Crippen molar-refractivity contribution in [2.75, 3.05) is 17.2 Å². The van der Waals surface area contributed by atoms with E-state index in [4.69, 9.17) is 10.5 Å². The molecule has 1 heterocycles. The summed E-state index contributed by atoms with van der Waals surface area (Å²) in [6, 6.07) is 0.389. The zero-order chi connectivity index (χ0) is 18.5. The summed E-state index contributed by atoms with van der Waals surface area (Å²) in [4.78, 5) is 20.4. The van der Waals surface area contributed by atoms with Gasteiger partial charge in [0.1, 0.15) is 5.82 Å². The molecule has 2 fully saturated rings. The minimum Gasteiger partial charge on any atom is -0.393 e. The Balaban J connectivity index is 1.64. The van der Waals surface area contributed by atoms with Gasteiger partial charge in [0.05, 0.1) is 17.8 Å². The number of hydrogen-bond acceptors (Lipinski definition) is 7. The second-order valence-corrected chi connectivity index (χ2v) is 7.20. The van der Waals surface area contributed by atoms with E-state index in [1.54, 1.807) is 0 Å². The molecular weight excluding hydrogens is 334 g/mol. The SMILES string of the molecule is CCOC1CCC(Nc2ncc(C(N)=O)c(N[C@@H]3CCC(O)C3)n2)CC1. The number of rotatable bonds is 7. The van der Waals surface area contributed by atoms with Gasteiger partial charge < -0.3 is 26.2 Å². The molecule has 1 aromatic rings. The van der Waals surface area contributed by atoms with Crippen LogP contribution < -0.4 is 16.4 Å². The first kappa shape index (κ1) is 18.8. The lowest BCUT2D eigenvalue weighted by Gasteiger charge is -2.29. The smallest absolute Gasteiger partial charge is 0.254 e. The Kier molecular flexibility index (Phi) is 6.26. The van der Waals surface area contributed by atoms with Crippen LogP contribution in [0.4, 0.5) is 11.8 Å². The number of ether oxygens (including phenoxy) is 1. The molecule has 2 saturated carbocycles. The highest BCUT2D eigenvalue weighted by Crippen LogP contribution is 2.26. The molecule has 0 radical (unpaired) electrons. The van der Waals surface area contributed by atoms with E-state index in [0.29, 0.717) is 30.3 Å². The van der Waals surface area contributed by atoms with Crippen LogP contribution in [0.1, 0.15) is 62.2 Å². The summed E-state index contributed by atoms with van der Waals surface area (Å²) in [7, 11) is 0. The van der Waals surface area contributed by atoms with Crippen molar-refractivity contribution in [3.8, 4) is 0 Å². The summed E-state index contributed by atoms with van der Waals surface area (Å²) < 4.78 is 5.68. The number of anilines is 2. The summed E-state index contributed by atoms with van der Waals surface area (Å²) >= 11 is 0. The predicted molar refractivity (Wildman–Crippen MR) is 99.1 cm³/mol. The fourth-order valence-electron chi connectivity index (χ4n) is 3.82. The number of nitrogens with two attached hydrogens (primary N) is 1. The van der Waals surface area contributed by atoms with Crippen LogP contribution in [0.5, 0.6) is 0 Å². The number of hydrogen-bond donors (Lipinski definition) is 4. The molecule has 0 spiro atoms. The van der Waals surface area contributed by atoms with Crippen molar-refractivity contribution in [1.29, 1.82) is 0 Å². The Morgan fingerprint density at radius 1 is 1.23 bits per heavy atom. The molecule has 1 unspecified atom stereocenters. The van der Waals surface area contributed by atoms with Crippen LogP contribution in [0, 0.1) is 0 Å². The van der Waals surface area contributed by atoms with E-state index in [-0.39, 0.29) is 17.7 Å². The Bertz CT molecular complexity index is 619. The quantitative estimate of drug-likeness (QED) is 0.581. The van der Waals surface area contributed by atoms with E-state index in [0.717, 1.165) is 45.1 Å². The number of amides is 1. The van der Waals surface area contributed by atoms with Gasteiger partial charge in [-0.05, 0) is 51.9 Å². The van der Waals surface area contributed by atoms with Crippen LogP contribution in [-0.4, -0.2) is 51.9 Å². The number of nitrogens with zero attached hydrogens (tertiary/aromatic N) is 2. The van der Waals surface area contributed by atoms with Gasteiger partial charge in [-0.1, -0.05) is 0 Å². The van der Waals surface area contributed by atoms with Crippen LogP contribution in [0.15, 0.2) is 6.20 Å². The first-order valence-corrected chi connectivity index (χ1v) is 9.54. The third-order valence-corrected chi connectivity index (χ3v) is 5.21. The standard InChI is InChI=1S/C18H29N5O3/c1-2-26-14-7-4-11(5-8-14)22-18-20-10-15(16(19)25)17(23-18)21-12-3-6-13(24)9-12/h10-14,24H,2-9H2,1H3,(H2,19,25)(H2,20,21,22,23)/t11?,12-,13?,14?/m1/s1. The summed E-state index contributed by atoms with van der Waals surface area (Å²) in [6.45, 7) is 2.78. The van der Waals surface area contributed by atoms with Gasteiger partial charge in [0, 0.05) is 24.9 Å². The number of aromatic nitrogens is 2. The number of aliphatic hydroxyl groups is 1. The number of primary amides is 1. The van der Waals surface area contributed by atoms with E-state index in [2.05, 4.69) is 20.6 Å². The molecule has 0 saturated heterocycles. The van der Waals surface area contributed by atoms with Crippen LogP contribution in [-0.2, 0) is 4.74 Å². The van der Waals surface area contributed by atoms with Crippen molar-refractivity contribution in [2.45, 2.75) is 76.2 Å². The normalized spacial score (nSPS) is 28.7. The van der Waals surface area contributed by atoms with Gasteiger partial charge in [0.25, 0.3) is 5.91 Å². The zero-order valence-electron chi connectivity index (χ0n) is 15.3. The van der Waals surface area contributed by atoms with Crippen LogP contribution in [0.3, 0.4) is 0 Å². The predicted octanol–water partition coefficient (Wildman–Crippen LogP) is 1.66. The molecule has 3 rings (SSSR count). The Morgan fingerprint density at radius 2 is 1.96 bits per heavy atom. The summed E-state index contributed by atoms with van der Waals surface area (Å²) in [5, 5.41) is 16.3. The molecular formula is C18H29N5O3. The molecule has 26 heavy (non-hydrogen) atoms. The fourth-order valence-corrected chi connectivity index (χ4v) is 3.82.